The summed E-state index contributed by atoms with van der Waals surface area (Å²) in [6.07, 6.45) is 5.06. The molecule has 0 unspecified atom stereocenters. The van der Waals surface area contributed by atoms with Crippen molar-refractivity contribution in [3.63, 3.8) is 0 Å². The molecule has 0 atom stereocenters. The number of nitrogens with one attached hydrogen (secondary N) is 1. The lowest BCUT2D eigenvalue weighted by molar-refractivity contribution is -0.122. The van der Waals surface area contributed by atoms with Crippen molar-refractivity contribution in [3.8, 4) is 0 Å². The predicted molar refractivity (Wildman–Crippen MR) is 96.8 cm³/mol. The molecule has 0 aromatic heterocycles. The summed E-state index contributed by atoms with van der Waals surface area (Å²) >= 11 is 0. The quantitative estimate of drug-likeness (QED) is 0.815. The van der Waals surface area contributed by atoms with E-state index in [4.69, 9.17) is 0 Å². The molecular weight excluding hydrogens is 319 g/mol. The van der Waals surface area contributed by atoms with Crippen LogP contribution in [-0.4, -0.2) is 35.8 Å². The molecule has 0 aliphatic carbocycles. The summed E-state index contributed by atoms with van der Waals surface area (Å²) in [4.78, 5) is 26.1. The van der Waals surface area contributed by atoms with Gasteiger partial charge in [0, 0.05) is 25.6 Å². The number of benzene rings is 1. The number of rotatable bonds is 7. The van der Waals surface area contributed by atoms with E-state index in [0.29, 0.717) is 25.4 Å². The van der Waals surface area contributed by atoms with E-state index in [9.17, 15) is 14.0 Å². The molecule has 1 aliphatic heterocycles. The molecule has 1 N–H and O–H groups in total. The van der Waals surface area contributed by atoms with Gasteiger partial charge in [0.1, 0.15) is 5.82 Å². The summed E-state index contributed by atoms with van der Waals surface area (Å²) in [5, 5.41) is 3.07. The zero-order valence-corrected chi connectivity index (χ0v) is 15.3. The van der Waals surface area contributed by atoms with Crippen molar-refractivity contribution in [2.75, 3.05) is 13.1 Å². The van der Waals surface area contributed by atoms with Crippen LogP contribution in [0.25, 0.3) is 0 Å². The molecule has 25 heavy (non-hydrogen) atoms. The summed E-state index contributed by atoms with van der Waals surface area (Å²) in [6.45, 7) is 5.42. The monoisotopic (exact) mass is 348 g/mol. The summed E-state index contributed by atoms with van der Waals surface area (Å²) in [5.41, 5.74) is 0.144. The number of nitrogens with zero attached hydrogens (tertiary/aromatic N) is 1. The highest BCUT2D eigenvalue weighted by atomic mass is 19.1. The van der Waals surface area contributed by atoms with Crippen molar-refractivity contribution < 1.29 is 14.0 Å². The first-order valence-electron chi connectivity index (χ1n) is 9.38. The Hall–Kier alpha value is -1.91. The average molecular weight is 348 g/mol. The highest BCUT2D eigenvalue weighted by Gasteiger charge is 2.25. The minimum Gasteiger partial charge on any atom is -0.353 e. The highest BCUT2D eigenvalue weighted by molar-refractivity contribution is 5.94. The van der Waals surface area contributed by atoms with Gasteiger partial charge in [-0.05, 0) is 50.2 Å². The van der Waals surface area contributed by atoms with Gasteiger partial charge in [0.15, 0.2) is 0 Å². The number of amides is 2. The van der Waals surface area contributed by atoms with Crippen LogP contribution in [0.1, 0.15) is 62.7 Å². The van der Waals surface area contributed by atoms with Crippen LogP contribution in [0.2, 0.25) is 0 Å². The maximum absolute atomic E-state index is 13.8. The molecule has 0 radical (unpaired) electrons. The summed E-state index contributed by atoms with van der Waals surface area (Å²) in [5.74, 6) is -0.119. The summed E-state index contributed by atoms with van der Waals surface area (Å²) in [6, 6.07) is 6.39. The second-order valence-corrected chi connectivity index (χ2v) is 6.84. The fourth-order valence-corrected chi connectivity index (χ4v) is 3.36. The van der Waals surface area contributed by atoms with E-state index in [1.807, 2.05) is 0 Å². The van der Waals surface area contributed by atoms with Gasteiger partial charge < -0.3 is 10.2 Å². The molecule has 2 rings (SSSR count). The van der Waals surface area contributed by atoms with Crippen LogP contribution < -0.4 is 5.32 Å². The Bertz CT molecular complexity index is 579. The van der Waals surface area contributed by atoms with E-state index in [1.165, 1.54) is 12.1 Å². The molecule has 1 aliphatic rings. The van der Waals surface area contributed by atoms with Crippen LogP contribution in [0.5, 0.6) is 0 Å². The molecular formula is C20H29FN2O2. The van der Waals surface area contributed by atoms with Gasteiger partial charge >= 0.3 is 0 Å². The fraction of sp³-hybridized carbons (Fsp3) is 0.600. The number of hydrogen-bond donors (Lipinski definition) is 1. The van der Waals surface area contributed by atoms with Gasteiger partial charge in [0.05, 0.1) is 5.56 Å². The number of hydrogen-bond acceptors (Lipinski definition) is 2. The normalized spacial score (nSPS) is 15.4. The van der Waals surface area contributed by atoms with E-state index in [2.05, 4.69) is 19.2 Å². The third-order valence-electron chi connectivity index (χ3n) is 5.14. The lowest BCUT2D eigenvalue weighted by atomic mass is 9.91. The standard InChI is InChI=1S/C20H29FN2O2/c1-3-16(4-2)22-19(24)10-9-15-11-13-23(14-12-15)20(25)17-7-5-6-8-18(17)21/h5-8,15-16H,3-4,9-14H2,1-2H3,(H,22,24). The van der Waals surface area contributed by atoms with Gasteiger partial charge in [-0.2, -0.15) is 0 Å². The Morgan fingerprint density at radius 2 is 1.84 bits per heavy atom. The van der Waals surface area contributed by atoms with Gasteiger partial charge in [0.25, 0.3) is 5.91 Å². The smallest absolute Gasteiger partial charge is 0.256 e. The molecule has 1 fully saturated rings. The maximum Gasteiger partial charge on any atom is 0.256 e. The number of piperidine rings is 1. The van der Waals surface area contributed by atoms with Gasteiger partial charge in [-0.3, -0.25) is 9.59 Å². The zero-order chi connectivity index (χ0) is 18.2. The number of likely N-dealkylation sites (tertiary alicyclic amines) is 1. The average Bonchev–Trinajstić information content (AvgIpc) is 2.64. The number of carbonyl (C=O) groups excluding carboxylic acids is 2. The minimum atomic E-state index is -0.465. The van der Waals surface area contributed by atoms with Crippen LogP contribution >= 0.6 is 0 Å². The first-order valence-corrected chi connectivity index (χ1v) is 9.38. The van der Waals surface area contributed by atoms with Crippen LogP contribution in [0.3, 0.4) is 0 Å². The third-order valence-corrected chi connectivity index (χ3v) is 5.14. The Labute approximate surface area is 149 Å². The largest absolute Gasteiger partial charge is 0.353 e. The fourth-order valence-electron chi connectivity index (χ4n) is 3.36. The van der Waals surface area contributed by atoms with Crippen molar-refractivity contribution in [2.24, 2.45) is 5.92 Å². The van der Waals surface area contributed by atoms with Crippen LogP contribution in [0, 0.1) is 11.7 Å². The molecule has 5 heteroatoms. The molecule has 4 nitrogen and oxygen atoms in total. The Morgan fingerprint density at radius 1 is 1.20 bits per heavy atom. The Balaban J connectivity index is 1.75. The van der Waals surface area contributed by atoms with Crippen LogP contribution in [0.15, 0.2) is 24.3 Å². The van der Waals surface area contributed by atoms with E-state index < -0.39 is 5.82 Å². The molecule has 0 bridgehead atoms. The lowest BCUT2D eigenvalue weighted by Crippen LogP contribution is -2.39. The first kappa shape index (κ1) is 19.4. The summed E-state index contributed by atoms with van der Waals surface area (Å²) < 4.78 is 13.8. The zero-order valence-electron chi connectivity index (χ0n) is 15.3. The number of halogens is 1. The lowest BCUT2D eigenvalue weighted by Gasteiger charge is -2.32. The van der Waals surface area contributed by atoms with Gasteiger partial charge in [-0.25, -0.2) is 4.39 Å². The SMILES string of the molecule is CCC(CC)NC(=O)CCC1CCN(C(=O)c2ccccc2F)CC1. The van der Waals surface area contributed by atoms with Gasteiger partial charge in [0.2, 0.25) is 5.91 Å². The van der Waals surface area contributed by atoms with Crippen LogP contribution in [-0.2, 0) is 4.79 Å². The van der Waals surface area contributed by atoms with E-state index in [0.717, 1.165) is 32.1 Å². The van der Waals surface area contributed by atoms with Crippen molar-refractivity contribution in [1.82, 2.24) is 10.2 Å². The van der Waals surface area contributed by atoms with Gasteiger partial charge in [-0.1, -0.05) is 26.0 Å². The predicted octanol–water partition coefficient (Wildman–Crippen LogP) is 3.76. The van der Waals surface area contributed by atoms with Crippen molar-refractivity contribution in [2.45, 2.75) is 58.4 Å². The minimum absolute atomic E-state index is 0.124. The molecule has 1 aromatic carbocycles. The molecule has 1 heterocycles. The van der Waals surface area contributed by atoms with E-state index in [-0.39, 0.29) is 23.4 Å². The maximum atomic E-state index is 13.8. The Kier molecular flexibility index (Phi) is 7.41. The molecule has 1 aromatic rings. The molecule has 0 saturated carbocycles. The summed E-state index contributed by atoms with van der Waals surface area (Å²) in [7, 11) is 0. The van der Waals surface area contributed by atoms with E-state index >= 15 is 0 Å². The first-order chi connectivity index (χ1) is 12.0. The topological polar surface area (TPSA) is 49.4 Å². The van der Waals surface area contributed by atoms with E-state index in [1.54, 1.807) is 17.0 Å². The molecule has 0 spiro atoms. The van der Waals surface area contributed by atoms with Gasteiger partial charge in [-0.15, -0.1) is 0 Å². The third kappa shape index (κ3) is 5.55. The van der Waals surface area contributed by atoms with Crippen molar-refractivity contribution >= 4 is 11.8 Å². The molecule has 1 saturated heterocycles. The highest BCUT2D eigenvalue weighted by Crippen LogP contribution is 2.23. The second-order valence-electron chi connectivity index (χ2n) is 6.84. The van der Waals surface area contributed by atoms with Crippen LogP contribution in [0.4, 0.5) is 4.39 Å². The Morgan fingerprint density at radius 3 is 2.44 bits per heavy atom. The molecule has 138 valence electrons. The number of carbonyl (C=O) groups is 2. The van der Waals surface area contributed by atoms with Crippen molar-refractivity contribution in [1.29, 1.82) is 0 Å². The second kappa shape index (κ2) is 9.54. The molecule has 2 amide bonds. The van der Waals surface area contributed by atoms with Crippen molar-refractivity contribution in [3.05, 3.63) is 35.6 Å².